The van der Waals surface area contributed by atoms with Gasteiger partial charge in [0.05, 0.1) is 49.3 Å². The molecule has 188 valence electrons. The number of rotatable bonds is 8. The number of fused-ring (bicyclic) bond motifs is 1. The molecule has 1 aliphatic heterocycles. The molecule has 4 rings (SSSR count). The summed E-state index contributed by atoms with van der Waals surface area (Å²) in [7, 11) is 3.17. The maximum absolute atomic E-state index is 13.7. The average Bonchev–Trinajstić information content (AvgIpc) is 3.18. The number of hydrogen-bond donors (Lipinski definition) is 0. The van der Waals surface area contributed by atoms with E-state index >= 15 is 0 Å². The number of esters is 1. The number of methoxy groups -OCH3 is 2. The lowest BCUT2D eigenvalue weighted by atomic mass is 9.96. The first kappa shape index (κ1) is 25.2. The van der Waals surface area contributed by atoms with Gasteiger partial charge in [0, 0.05) is 0 Å². The largest absolute Gasteiger partial charge is 0.497 e. The fourth-order valence-electron chi connectivity index (χ4n) is 4.10. The van der Waals surface area contributed by atoms with Crippen LogP contribution in [0.1, 0.15) is 37.9 Å². The second-order valence-electron chi connectivity index (χ2n) is 7.92. The van der Waals surface area contributed by atoms with Crippen LogP contribution in [-0.2, 0) is 9.53 Å². The van der Waals surface area contributed by atoms with Crippen LogP contribution in [0.2, 0.25) is 0 Å². The van der Waals surface area contributed by atoms with Crippen molar-refractivity contribution in [1.82, 2.24) is 4.57 Å². The first-order chi connectivity index (χ1) is 17.4. The molecule has 8 nitrogen and oxygen atoms in total. The molecule has 0 spiro atoms. The van der Waals surface area contributed by atoms with Gasteiger partial charge in [-0.25, -0.2) is 9.79 Å². The first-order valence-electron chi connectivity index (χ1n) is 11.6. The van der Waals surface area contributed by atoms with Crippen LogP contribution in [0, 0.1) is 0 Å². The van der Waals surface area contributed by atoms with Gasteiger partial charge in [-0.05, 0) is 62.2 Å². The summed E-state index contributed by atoms with van der Waals surface area (Å²) >= 11 is 1.27. The fraction of sp³-hybridized carbons (Fsp3) is 0.296. The van der Waals surface area contributed by atoms with Crippen molar-refractivity contribution < 1.29 is 23.7 Å². The Hall–Kier alpha value is -3.85. The Morgan fingerprint density at radius 3 is 2.44 bits per heavy atom. The number of benzene rings is 2. The second kappa shape index (κ2) is 10.8. The minimum atomic E-state index is -0.678. The zero-order valence-corrected chi connectivity index (χ0v) is 21.7. The van der Waals surface area contributed by atoms with Crippen LogP contribution in [0.25, 0.3) is 6.08 Å². The van der Waals surface area contributed by atoms with Crippen LogP contribution in [0.4, 0.5) is 0 Å². The van der Waals surface area contributed by atoms with Gasteiger partial charge in [-0.15, -0.1) is 0 Å². The molecule has 0 radical (unpaired) electrons. The lowest BCUT2D eigenvalue weighted by Gasteiger charge is -2.24. The maximum Gasteiger partial charge on any atom is 0.338 e. The highest BCUT2D eigenvalue weighted by Crippen LogP contribution is 2.32. The summed E-state index contributed by atoms with van der Waals surface area (Å²) in [5, 5.41) is 0. The highest BCUT2D eigenvalue weighted by atomic mass is 32.1. The molecular formula is C27H28N2O6S. The monoisotopic (exact) mass is 508 g/mol. The Balaban J connectivity index is 1.90. The van der Waals surface area contributed by atoms with E-state index in [4.69, 9.17) is 18.9 Å². The van der Waals surface area contributed by atoms with E-state index in [1.54, 1.807) is 56.9 Å². The molecule has 0 saturated heterocycles. The van der Waals surface area contributed by atoms with E-state index in [2.05, 4.69) is 4.99 Å². The van der Waals surface area contributed by atoms with Crippen molar-refractivity contribution in [2.75, 3.05) is 27.4 Å². The van der Waals surface area contributed by atoms with Gasteiger partial charge >= 0.3 is 5.97 Å². The Morgan fingerprint density at radius 2 is 1.81 bits per heavy atom. The average molecular weight is 509 g/mol. The van der Waals surface area contributed by atoms with E-state index in [0.717, 1.165) is 11.1 Å². The molecule has 2 heterocycles. The van der Waals surface area contributed by atoms with E-state index in [1.165, 1.54) is 11.3 Å². The Bertz CT molecular complexity index is 1480. The van der Waals surface area contributed by atoms with E-state index in [0.29, 0.717) is 44.5 Å². The number of hydrogen-bond acceptors (Lipinski definition) is 8. The summed E-state index contributed by atoms with van der Waals surface area (Å²) in [5.74, 6) is 1.39. The fourth-order valence-corrected chi connectivity index (χ4v) is 5.14. The predicted molar refractivity (Wildman–Crippen MR) is 138 cm³/mol. The van der Waals surface area contributed by atoms with Gasteiger partial charge in [-0.3, -0.25) is 9.36 Å². The van der Waals surface area contributed by atoms with E-state index < -0.39 is 12.0 Å². The predicted octanol–water partition coefficient (Wildman–Crippen LogP) is 3.21. The van der Waals surface area contributed by atoms with Crippen LogP contribution in [-0.4, -0.2) is 38.0 Å². The Kier molecular flexibility index (Phi) is 7.59. The normalized spacial score (nSPS) is 15.2. The van der Waals surface area contributed by atoms with Crippen molar-refractivity contribution in [1.29, 1.82) is 0 Å². The number of aromatic nitrogens is 1. The highest BCUT2D eigenvalue weighted by molar-refractivity contribution is 7.07. The minimum Gasteiger partial charge on any atom is -0.497 e. The summed E-state index contributed by atoms with van der Waals surface area (Å²) in [4.78, 5) is 31.8. The smallest absolute Gasteiger partial charge is 0.338 e. The van der Waals surface area contributed by atoms with Gasteiger partial charge in [0.25, 0.3) is 5.56 Å². The number of carbonyl (C=O) groups excluding carboxylic acids is 1. The molecule has 0 saturated carbocycles. The molecule has 36 heavy (non-hydrogen) atoms. The van der Waals surface area contributed by atoms with E-state index in [1.807, 2.05) is 31.2 Å². The van der Waals surface area contributed by atoms with E-state index in [9.17, 15) is 9.59 Å². The third-order valence-corrected chi connectivity index (χ3v) is 6.72. The number of thiazole rings is 1. The van der Waals surface area contributed by atoms with Crippen LogP contribution in [0.15, 0.2) is 63.5 Å². The summed E-state index contributed by atoms with van der Waals surface area (Å²) in [5.41, 5.74) is 2.15. The molecule has 0 bridgehead atoms. The summed E-state index contributed by atoms with van der Waals surface area (Å²) in [6.07, 6.45) is 1.79. The molecule has 1 aliphatic rings. The third kappa shape index (κ3) is 4.79. The number of ether oxygens (including phenoxy) is 4. The summed E-state index contributed by atoms with van der Waals surface area (Å²) < 4.78 is 23.7. The molecule has 0 fully saturated rings. The Morgan fingerprint density at radius 1 is 1.06 bits per heavy atom. The van der Waals surface area contributed by atoms with Gasteiger partial charge in [-0.1, -0.05) is 29.5 Å². The number of allylic oxidation sites excluding steroid dienone is 1. The zero-order valence-electron chi connectivity index (χ0n) is 20.9. The van der Waals surface area contributed by atoms with Gasteiger partial charge < -0.3 is 18.9 Å². The van der Waals surface area contributed by atoms with E-state index in [-0.39, 0.29) is 12.2 Å². The van der Waals surface area contributed by atoms with Gasteiger partial charge in [0.15, 0.2) is 16.3 Å². The van der Waals surface area contributed by atoms with Crippen molar-refractivity contribution in [3.8, 4) is 17.2 Å². The first-order valence-corrected chi connectivity index (χ1v) is 12.4. The van der Waals surface area contributed by atoms with Gasteiger partial charge in [0.1, 0.15) is 5.75 Å². The lowest BCUT2D eigenvalue weighted by Crippen LogP contribution is -2.39. The highest BCUT2D eigenvalue weighted by Gasteiger charge is 2.33. The molecule has 0 aliphatic carbocycles. The Labute approximate surface area is 212 Å². The topological polar surface area (TPSA) is 88.4 Å². The molecule has 1 atom stereocenters. The second-order valence-corrected chi connectivity index (χ2v) is 8.93. The molecule has 3 aromatic rings. The summed E-state index contributed by atoms with van der Waals surface area (Å²) in [6.45, 7) is 6.11. The van der Waals surface area contributed by atoms with Crippen LogP contribution in [0.3, 0.4) is 0 Å². The molecule has 0 N–H and O–H groups in total. The minimum absolute atomic E-state index is 0.217. The third-order valence-electron chi connectivity index (χ3n) is 5.73. The number of nitrogens with zero attached hydrogens (tertiary/aromatic N) is 2. The van der Waals surface area contributed by atoms with Gasteiger partial charge in [0.2, 0.25) is 0 Å². The summed E-state index contributed by atoms with van der Waals surface area (Å²) in [6, 6.07) is 12.1. The quantitative estimate of drug-likeness (QED) is 0.434. The molecule has 9 heteroatoms. The van der Waals surface area contributed by atoms with Crippen LogP contribution >= 0.6 is 11.3 Å². The van der Waals surface area contributed by atoms with Crippen LogP contribution in [0.5, 0.6) is 17.2 Å². The van der Waals surface area contributed by atoms with Crippen LogP contribution < -0.4 is 29.1 Å². The van der Waals surface area contributed by atoms with Crippen molar-refractivity contribution in [3.63, 3.8) is 0 Å². The van der Waals surface area contributed by atoms with Crippen molar-refractivity contribution in [2.45, 2.75) is 26.8 Å². The molecule has 2 aromatic carbocycles. The molecule has 1 aromatic heterocycles. The lowest BCUT2D eigenvalue weighted by molar-refractivity contribution is -0.139. The molecule has 0 amide bonds. The molecule has 0 unspecified atom stereocenters. The van der Waals surface area contributed by atoms with Crippen molar-refractivity contribution in [2.24, 2.45) is 4.99 Å². The van der Waals surface area contributed by atoms with Gasteiger partial charge in [-0.2, -0.15) is 0 Å². The standard InChI is InChI=1S/C27H28N2O6S/c1-6-34-21-14-17(8-13-20(21)33-5)15-22-25(30)29-24(18-9-11-19(32-4)12-10-18)23(26(31)35-7-2)16(3)28-27(29)36-22/h8-15,24H,6-7H2,1-5H3/b22-15-/t24-/m1/s1. The SMILES string of the molecule is CCOC(=O)C1=C(C)N=c2s/c(=C\c3ccc(OC)c(OCC)c3)c(=O)n2[C@@H]1c1ccc(OC)cc1. The zero-order chi connectivity index (χ0) is 25.8. The number of carbonyl (C=O) groups is 1. The maximum atomic E-state index is 13.7. The van der Waals surface area contributed by atoms with Crippen molar-refractivity contribution >= 4 is 23.4 Å². The van der Waals surface area contributed by atoms with Crippen molar-refractivity contribution in [3.05, 3.63) is 84.5 Å². The molecular weight excluding hydrogens is 480 g/mol.